The van der Waals surface area contributed by atoms with Crippen LogP contribution in [0.4, 0.5) is 0 Å². The van der Waals surface area contributed by atoms with Crippen molar-refractivity contribution in [2.45, 2.75) is 31.8 Å². The number of hydrogen-bond acceptors (Lipinski definition) is 3. The Balaban J connectivity index is 0.00000306. The van der Waals surface area contributed by atoms with Crippen molar-refractivity contribution in [1.29, 1.82) is 0 Å². The van der Waals surface area contributed by atoms with Gasteiger partial charge in [-0.3, -0.25) is 0 Å². The highest BCUT2D eigenvalue weighted by atomic mass is 35.5. The summed E-state index contributed by atoms with van der Waals surface area (Å²) in [6.07, 6.45) is 4.79. The van der Waals surface area contributed by atoms with Gasteiger partial charge in [-0.15, -0.1) is 12.4 Å². The van der Waals surface area contributed by atoms with Gasteiger partial charge in [0.1, 0.15) is 11.9 Å². The molecule has 176 valence electrons. The van der Waals surface area contributed by atoms with Crippen LogP contribution in [0.5, 0.6) is 5.75 Å². The molecule has 0 N–H and O–H groups in total. The van der Waals surface area contributed by atoms with Crippen LogP contribution in [-0.2, 0) is 11.2 Å². The number of aryl methyl sites for hydroxylation is 1. The lowest BCUT2D eigenvalue weighted by Crippen LogP contribution is -2.36. The summed E-state index contributed by atoms with van der Waals surface area (Å²) in [5, 5.41) is 0. The molecule has 3 aromatic rings. The number of ether oxygens (including phenoxy) is 2. The summed E-state index contributed by atoms with van der Waals surface area (Å²) in [4.78, 5) is 2.62. The Labute approximate surface area is 205 Å². The van der Waals surface area contributed by atoms with Crippen molar-refractivity contribution in [1.82, 2.24) is 4.90 Å². The number of benzene rings is 3. The molecule has 0 aliphatic carbocycles. The Morgan fingerprint density at radius 3 is 1.94 bits per heavy atom. The van der Waals surface area contributed by atoms with E-state index in [1.165, 1.54) is 55.6 Å². The van der Waals surface area contributed by atoms with Gasteiger partial charge in [0.05, 0.1) is 13.7 Å². The topological polar surface area (TPSA) is 21.7 Å². The number of nitrogens with zero attached hydrogens (tertiary/aromatic N) is 1. The Morgan fingerprint density at radius 2 is 1.39 bits per heavy atom. The zero-order valence-corrected chi connectivity index (χ0v) is 20.4. The van der Waals surface area contributed by atoms with Crippen LogP contribution in [0.25, 0.3) is 0 Å². The molecule has 0 aromatic heterocycles. The molecule has 1 aliphatic heterocycles. The standard InChI is InChI=1S/C29H35NO2.ClH/c1-31-28-16-14-24(15-17-28)9-8-20-30-21-18-25(19-22-30)23-32-29(26-10-4-2-5-11-26)27-12-6-3-7-13-27;/h2-7,10-17,25,29H,8-9,18-23H2,1H3;1H. The average Bonchev–Trinajstić information content (AvgIpc) is 2.87. The molecule has 4 rings (SSSR count). The third kappa shape index (κ3) is 7.60. The first-order valence-corrected chi connectivity index (χ1v) is 11.9. The number of halogens is 1. The summed E-state index contributed by atoms with van der Waals surface area (Å²) < 4.78 is 11.8. The van der Waals surface area contributed by atoms with Gasteiger partial charge in [0, 0.05) is 0 Å². The van der Waals surface area contributed by atoms with Gasteiger partial charge in [-0.25, -0.2) is 0 Å². The molecular formula is C29H36ClNO2. The highest BCUT2D eigenvalue weighted by Crippen LogP contribution is 2.28. The van der Waals surface area contributed by atoms with Crippen molar-refractivity contribution < 1.29 is 9.47 Å². The minimum atomic E-state index is 0. The van der Waals surface area contributed by atoms with Gasteiger partial charge in [0.2, 0.25) is 0 Å². The Kier molecular flexibility index (Phi) is 10.3. The van der Waals surface area contributed by atoms with Gasteiger partial charge in [0.15, 0.2) is 0 Å². The lowest BCUT2D eigenvalue weighted by Gasteiger charge is -2.32. The predicted molar refractivity (Wildman–Crippen MR) is 138 cm³/mol. The van der Waals surface area contributed by atoms with Crippen molar-refractivity contribution in [2.24, 2.45) is 5.92 Å². The van der Waals surface area contributed by atoms with Crippen molar-refractivity contribution in [3.05, 3.63) is 102 Å². The second-order valence-corrected chi connectivity index (χ2v) is 8.77. The van der Waals surface area contributed by atoms with E-state index in [0.717, 1.165) is 18.8 Å². The minimum Gasteiger partial charge on any atom is -0.497 e. The molecule has 0 atom stereocenters. The van der Waals surface area contributed by atoms with E-state index in [0.29, 0.717) is 5.92 Å². The normalized spacial score (nSPS) is 14.7. The third-order valence-corrected chi connectivity index (χ3v) is 6.51. The fourth-order valence-electron chi connectivity index (χ4n) is 4.55. The van der Waals surface area contributed by atoms with E-state index < -0.39 is 0 Å². The van der Waals surface area contributed by atoms with Gasteiger partial charge in [-0.05, 0) is 80.1 Å². The monoisotopic (exact) mass is 465 g/mol. The lowest BCUT2D eigenvalue weighted by atomic mass is 9.96. The molecule has 3 nitrogen and oxygen atoms in total. The maximum atomic E-state index is 6.52. The molecule has 3 aromatic carbocycles. The minimum absolute atomic E-state index is 0. The lowest BCUT2D eigenvalue weighted by molar-refractivity contribution is 0.0309. The summed E-state index contributed by atoms with van der Waals surface area (Å²) in [5.74, 6) is 1.57. The summed E-state index contributed by atoms with van der Waals surface area (Å²) >= 11 is 0. The van der Waals surface area contributed by atoms with Crippen molar-refractivity contribution in [3.8, 4) is 5.75 Å². The van der Waals surface area contributed by atoms with Gasteiger partial charge in [-0.2, -0.15) is 0 Å². The number of piperidine rings is 1. The molecule has 0 unspecified atom stereocenters. The fraction of sp³-hybridized carbons (Fsp3) is 0.379. The molecule has 4 heteroatoms. The molecule has 1 aliphatic rings. The average molecular weight is 466 g/mol. The number of hydrogen-bond donors (Lipinski definition) is 0. The van der Waals surface area contributed by atoms with Crippen LogP contribution in [0.2, 0.25) is 0 Å². The molecule has 0 spiro atoms. The van der Waals surface area contributed by atoms with Crippen LogP contribution in [-0.4, -0.2) is 38.3 Å². The Bertz CT molecular complexity index is 870. The highest BCUT2D eigenvalue weighted by molar-refractivity contribution is 5.85. The van der Waals surface area contributed by atoms with Gasteiger partial charge in [-0.1, -0.05) is 72.8 Å². The molecule has 0 bridgehead atoms. The van der Waals surface area contributed by atoms with Gasteiger partial charge >= 0.3 is 0 Å². The van der Waals surface area contributed by atoms with Crippen LogP contribution < -0.4 is 4.74 Å². The first-order valence-electron chi connectivity index (χ1n) is 11.9. The Morgan fingerprint density at radius 1 is 0.818 bits per heavy atom. The largest absolute Gasteiger partial charge is 0.497 e. The first kappa shape index (κ1) is 25.3. The predicted octanol–water partition coefficient (Wildman–Crippen LogP) is 6.57. The zero-order chi connectivity index (χ0) is 22.0. The van der Waals surface area contributed by atoms with Crippen LogP contribution in [0.1, 0.15) is 42.1 Å². The van der Waals surface area contributed by atoms with E-state index in [1.807, 2.05) is 0 Å². The molecule has 1 heterocycles. The van der Waals surface area contributed by atoms with Crippen LogP contribution >= 0.6 is 12.4 Å². The second kappa shape index (κ2) is 13.4. The summed E-state index contributed by atoms with van der Waals surface area (Å²) in [7, 11) is 1.72. The molecule has 0 radical (unpaired) electrons. The van der Waals surface area contributed by atoms with E-state index >= 15 is 0 Å². The highest BCUT2D eigenvalue weighted by Gasteiger charge is 2.22. The molecule has 33 heavy (non-hydrogen) atoms. The first-order chi connectivity index (χ1) is 15.8. The van der Waals surface area contributed by atoms with Crippen LogP contribution in [0, 0.1) is 5.92 Å². The third-order valence-electron chi connectivity index (χ3n) is 6.51. The number of methoxy groups -OCH3 is 1. The molecular weight excluding hydrogens is 430 g/mol. The van der Waals surface area contributed by atoms with E-state index in [1.54, 1.807) is 7.11 Å². The summed E-state index contributed by atoms with van der Waals surface area (Å²) in [5.41, 5.74) is 3.85. The van der Waals surface area contributed by atoms with E-state index in [2.05, 4.69) is 89.8 Å². The quantitative estimate of drug-likeness (QED) is 0.338. The molecule has 1 fully saturated rings. The van der Waals surface area contributed by atoms with Crippen molar-refractivity contribution >= 4 is 12.4 Å². The number of rotatable bonds is 10. The maximum Gasteiger partial charge on any atom is 0.118 e. The number of likely N-dealkylation sites (tertiary alicyclic amines) is 1. The van der Waals surface area contributed by atoms with E-state index in [-0.39, 0.29) is 18.5 Å². The maximum absolute atomic E-state index is 6.52. The van der Waals surface area contributed by atoms with Gasteiger partial charge in [0.25, 0.3) is 0 Å². The summed E-state index contributed by atoms with van der Waals surface area (Å²) in [6, 6.07) is 29.7. The molecule has 0 saturated carbocycles. The molecule has 1 saturated heterocycles. The smallest absolute Gasteiger partial charge is 0.118 e. The molecule has 0 amide bonds. The SMILES string of the molecule is COc1ccc(CCCN2CCC(COC(c3ccccc3)c3ccccc3)CC2)cc1.Cl. The summed E-state index contributed by atoms with van der Waals surface area (Å²) in [6.45, 7) is 4.36. The second-order valence-electron chi connectivity index (χ2n) is 8.77. The van der Waals surface area contributed by atoms with Crippen molar-refractivity contribution in [2.75, 3.05) is 33.4 Å². The fourth-order valence-corrected chi connectivity index (χ4v) is 4.55. The van der Waals surface area contributed by atoms with Crippen molar-refractivity contribution in [3.63, 3.8) is 0 Å². The van der Waals surface area contributed by atoms with Crippen LogP contribution in [0.3, 0.4) is 0 Å². The zero-order valence-electron chi connectivity index (χ0n) is 19.6. The van der Waals surface area contributed by atoms with Gasteiger partial charge < -0.3 is 14.4 Å². The van der Waals surface area contributed by atoms with E-state index in [9.17, 15) is 0 Å². The Hall–Kier alpha value is -2.33. The van der Waals surface area contributed by atoms with Crippen LogP contribution in [0.15, 0.2) is 84.9 Å². The van der Waals surface area contributed by atoms with E-state index in [4.69, 9.17) is 9.47 Å².